The molecule has 25 heavy (non-hydrogen) atoms. The van der Waals surface area contributed by atoms with E-state index < -0.39 is 9.84 Å². The number of sulfone groups is 1. The summed E-state index contributed by atoms with van der Waals surface area (Å²) in [6, 6.07) is 0. The smallest absolute Gasteiger partial charge is 0.250 e. The molecule has 1 aliphatic carbocycles. The zero-order valence-electron chi connectivity index (χ0n) is 16.5. The van der Waals surface area contributed by atoms with Crippen molar-refractivity contribution in [3.05, 3.63) is 11.3 Å². The van der Waals surface area contributed by atoms with Crippen molar-refractivity contribution >= 4 is 9.84 Å². The highest BCUT2D eigenvalue weighted by molar-refractivity contribution is 7.90. The number of nitrogens with zero attached hydrogens (tertiary/aromatic N) is 2. The van der Waals surface area contributed by atoms with Crippen molar-refractivity contribution in [1.29, 1.82) is 0 Å². The molecule has 5 nitrogen and oxygen atoms in total. The molecule has 0 N–H and O–H groups in total. The zero-order valence-corrected chi connectivity index (χ0v) is 17.4. The molecule has 2 rings (SSSR count). The Morgan fingerprint density at radius 2 is 1.80 bits per heavy atom. The van der Waals surface area contributed by atoms with Gasteiger partial charge in [-0.2, -0.15) is 4.98 Å². The molecule has 0 radical (unpaired) electrons. The fraction of sp³-hybridized carbons (Fsp3) is 0.789. The van der Waals surface area contributed by atoms with Gasteiger partial charge in [-0.25, -0.2) is 13.4 Å². The predicted molar refractivity (Wildman–Crippen MR) is 99.5 cm³/mol. The molecule has 1 heterocycles. The Labute approximate surface area is 152 Å². The van der Waals surface area contributed by atoms with Crippen LogP contribution < -0.4 is 4.74 Å². The molecule has 0 saturated heterocycles. The summed E-state index contributed by atoms with van der Waals surface area (Å²) in [6.07, 6.45) is 4.52. The topological polar surface area (TPSA) is 69.2 Å². The van der Waals surface area contributed by atoms with Crippen molar-refractivity contribution in [3.8, 4) is 5.88 Å². The normalized spacial score (nSPS) is 27.0. The molecule has 0 aliphatic heterocycles. The van der Waals surface area contributed by atoms with Crippen LogP contribution in [0.15, 0.2) is 5.16 Å². The first-order chi connectivity index (χ1) is 11.6. The molecule has 6 heteroatoms. The van der Waals surface area contributed by atoms with Gasteiger partial charge in [0.25, 0.3) is 0 Å². The maximum Gasteiger partial charge on any atom is 0.250 e. The Morgan fingerprint density at radius 3 is 2.28 bits per heavy atom. The van der Waals surface area contributed by atoms with Crippen LogP contribution in [0.4, 0.5) is 0 Å². The standard InChI is InChI=1S/C19H32N2O3S/c1-8-14-10-16(17(11(3)4)15(14)9-2)24-18-12(5)13(6)20-19(21-18)25(7,22)23/h11,14-17H,8-10H2,1-7H3. The second kappa shape index (κ2) is 7.60. The average Bonchev–Trinajstić information content (AvgIpc) is 2.88. The van der Waals surface area contributed by atoms with E-state index in [1.807, 2.05) is 6.92 Å². The van der Waals surface area contributed by atoms with Gasteiger partial charge in [0.2, 0.25) is 20.9 Å². The summed E-state index contributed by atoms with van der Waals surface area (Å²) in [6.45, 7) is 12.7. The van der Waals surface area contributed by atoms with Crippen LogP contribution in [0.3, 0.4) is 0 Å². The summed E-state index contributed by atoms with van der Waals surface area (Å²) in [5.41, 5.74) is 1.48. The fourth-order valence-electron chi connectivity index (χ4n) is 4.35. The van der Waals surface area contributed by atoms with Crippen molar-refractivity contribution in [1.82, 2.24) is 9.97 Å². The summed E-state index contributed by atoms with van der Waals surface area (Å²) < 4.78 is 30.1. The van der Waals surface area contributed by atoms with Crippen LogP contribution in [0.25, 0.3) is 0 Å². The second-order valence-corrected chi connectivity index (χ2v) is 9.66. The van der Waals surface area contributed by atoms with Crippen LogP contribution in [0.5, 0.6) is 5.88 Å². The average molecular weight is 369 g/mol. The van der Waals surface area contributed by atoms with Crippen LogP contribution in [0.1, 0.15) is 58.2 Å². The van der Waals surface area contributed by atoms with E-state index in [9.17, 15) is 8.42 Å². The minimum Gasteiger partial charge on any atom is -0.474 e. The lowest BCUT2D eigenvalue weighted by molar-refractivity contribution is 0.101. The van der Waals surface area contributed by atoms with E-state index in [2.05, 4.69) is 37.7 Å². The van der Waals surface area contributed by atoms with E-state index >= 15 is 0 Å². The van der Waals surface area contributed by atoms with Crippen LogP contribution >= 0.6 is 0 Å². The third-order valence-corrected chi connectivity index (χ3v) is 6.59. The lowest BCUT2D eigenvalue weighted by atomic mass is 9.79. The Morgan fingerprint density at radius 1 is 1.16 bits per heavy atom. The van der Waals surface area contributed by atoms with Gasteiger partial charge in [0.05, 0.1) is 0 Å². The highest BCUT2D eigenvalue weighted by Crippen LogP contribution is 2.46. The number of aryl methyl sites for hydroxylation is 1. The van der Waals surface area contributed by atoms with Gasteiger partial charge in [-0.3, -0.25) is 0 Å². The summed E-state index contributed by atoms with van der Waals surface area (Å²) in [5.74, 6) is 2.71. The fourth-order valence-corrected chi connectivity index (χ4v) is 4.90. The number of aromatic nitrogens is 2. The first-order valence-corrected chi connectivity index (χ1v) is 11.2. The molecule has 0 spiro atoms. The maximum atomic E-state index is 11.9. The van der Waals surface area contributed by atoms with Crippen LogP contribution in [-0.2, 0) is 9.84 Å². The van der Waals surface area contributed by atoms with Gasteiger partial charge in [0.1, 0.15) is 6.10 Å². The van der Waals surface area contributed by atoms with Crippen molar-refractivity contribution < 1.29 is 13.2 Å². The third kappa shape index (κ3) is 4.15. The SMILES string of the molecule is CCC1CC(Oc2nc(S(C)(=O)=O)nc(C)c2C)C(C(C)C)C1CC. The summed E-state index contributed by atoms with van der Waals surface area (Å²) >= 11 is 0. The highest BCUT2D eigenvalue weighted by atomic mass is 32.2. The molecule has 0 bridgehead atoms. The molecular formula is C19H32N2O3S. The predicted octanol–water partition coefficient (Wildman–Crippen LogP) is 3.97. The Balaban J connectivity index is 2.39. The van der Waals surface area contributed by atoms with E-state index in [1.165, 1.54) is 0 Å². The van der Waals surface area contributed by atoms with Gasteiger partial charge >= 0.3 is 0 Å². The molecule has 0 aromatic carbocycles. The highest BCUT2D eigenvalue weighted by Gasteiger charge is 2.44. The number of rotatable bonds is 6. The quantitative estimate of drug-likeness (QED) is 0.711. The van der Waals surface area contributed by atoms with E-state index in [4.69, 9.17) is 4.74 Å². The molecule has 1 aliphatic rings. The van der Waals surface area contributed by atoms with Crippen molar-refractivity contribution in [3.63, 3.8) is 0 Å². The van der Waals surface area contributed by atoms with Crippen molar-refractivity contribution in [2.24, 2.45) is 23.7 Å². The molecule has 1 aromatic heterocycles. The van der Waals surface area contributed by atoms with Crippen LogP contribution in [0, 0.1) is 37.5 Å². The molecule has 4 unspecified atom stereocenters. The van der Waals surface area contributed by atoms with Crippen molar-refractivity contribution in [2.75, 3.05) is 6.26 Å². The number of hydrogen-bond acceptors (Lipinski definition) is 5. The molecular weight excluding hydrogens is 336 g/mol. The Kier molecular flexibility index (Phi) is 6.13. The lowest BCUT2D eigenvalue weighted by Crippen LogP contribution is -2.30. The van der Waals surface area contributed by atoms with Gasteiger partial charge in [0, 0.05) is 23.4 Å². The van der Waals surface area contributed by atoms with E-state index in [0.29, 0.717) is 35.2 Å². The summed E-state index contributed by atoms with van der Waals surface area (Å²) in [5, 5.41) is -0.149. The van der Waals surface area contributed by atoms with Crippen molar-refractivity contribution in [2.45, 2.75) is 72.1 Å². The number of hydrogen-bond donors (Lipinski definition) is 0. The van der Waals surface area contributed by atoms with E-state index in [1.54, 1.807) is 6.92 Å². The van der Waals surface area contributed by atoms with Gasteiger partial charge in [0.15, 0.2) is 0 Å². The molecule has 0 amide bonds. The van der Waals surface area contributed by atoms with E-state index in [-0.39, 0.29) is 11.3 Å². The van der Waals surface area contributed by atoms with E-state index in [0.717, 1.165) is 31.1 Å². The minimum absolute atomic E-state index is 0.0790. The Hall–Kier alpha value is -1.17. The largest absolute Gasteiger partial charge is 0.474 e. The third-order valence-electron chi connectivity index (χ3n) is 5.75. The summed E-state index contributed by atoms with van der Waals surface area (Å²) in [7, 11) is -3.46. The Bertz CT molecular complexity index is 716. The lowest BCUT2D eigenvalue weighted by Gasteiger charge is -2.29. The maximum absolute atomic E-state index is 11.9. The summed E-state index contributed by atoms with van der Waals surface area (Å²) in [4.78, 5) is 8.36. The second-order valence-electron chi connectivity index (χ2n) is 7.75. The van der Waals surface area contributed by atoms with Crippen LogP contribution in [0.2, 0.25) is 0 Å². The van der Waals surface area contributed by atoms with Gasteiger partial charge in [-0.1, -0.05) is 40.5 Å². The molecule has 4 atom stereocenters. The minimum atomic E-state index is -3.46. The monoisotopic (exact) mass is 368 g/mol. The molecule has 1 fully saturated rings. The zero-order chi connectivity index (χ0) is 18.9. The van der Waals surface area contributed by atoms with Gasteiger partial charge in [-0.05, 0) is 38.0 Å². The van der Waals surface area contributed by atoms with Gasteiger partial charge < -0.3 is 4.74 Å². The van der Waals surface area contributed by atoms with Gasteiger partial charge in [-0.15, -0.1) is 0 Å². The first kappa shape index (κ1) is 20.1. The molecule has 1 saturated carbocycles. The first-order valence-electron chi connectivity index (χ1n) is 9.32. The number of ether oxygens (including phenoxy) is 1. The molecule has 142 valence electrons. The molecule has 1 aromatic rings. The van der Waals surface area contributed by atoms with Crippen LogP contribution in [-0.4, -0.2) is 30.7 Å².